The van der Waals surface area contributed by atoms with Crippen LogP contribution in [0, 0.1) is 5.92 Å². The first-order valence-corrected chi connectivity index (χ1v) is 5.89. The molecule has 0 radical (unpaired) electrons. The molecule has 0 saturated carbocycles. The molecule has 0 amide bonds. The Balaban J connectivity index is -0.000000153. The third kappa shape index (κ3) is 61.1. The summed E-state index contributed by atoms with van der Waals surface area (Å²) in [5.74, 6) is 0.780. The van der Waals surface area contributed by atoms with E-state index in [4.69, 9.17) is 0 Å². The van der Waals surface area contributed by atoms with Crippen LogP contribution in [0.15, 0.2) is 38.0 Å². The van der Waals surface area contributed by atoms with E-state index in [9.17, 15) is 0 Å². The third-order valence-electron chi connectivity index (χ3n) is 1.40. The number of hydrogen-bond donors (Lipinski definition) is 0. The zero-order chi connectivity index (χ0) is 12.5. The number of unbranched alkanes of at least 4 members (excludes halogenated alkanes) is 2. The summed E-state index contributed by atoms with van der Waals surface area (Å²) < 4.78 is 0. The van der Waals surface area contributed by atoms with Gasteiger partial charge < -0.3 is 0 Å². The molecule has 0 aromatic carbocycles. The molecule has 0 fully saturated rings. The molecule has 0 aromatic heterocycles. The Kier molecular flexibility index (Phi) is 30.6. The molecule has 0 aromatic rings. The number of hydrogen-bond acceptors (Lipinski definition) is 0. The molecule has 15 heavy (non-hydrogen) atoms. The van der Waals surface area contributed by atoms with Gasteiger partial charge in [-0.2, -0.15) is 0 Å². The maximum Gasteiger partial charge on any atom is -0.0330 e. The molecule has 0 nitrogen and oxygen atoms in total. The van der Waals surface area contributed by atoms with Gasteiger partial charge in [0.2, 0.25) is 0 Å². The van der Waals surface area contributed by atoms with Crippen LogP contribution < -0.4 is 0 Å². The normalized spacial score (nSPS) is 7.80. The van der Waals surface area contributed by atoms with Crippen molar-refractivity contribution >= 4 is 0 Å². The van der Waals surface area contributed by atoms with Crippen molar-refractivity contribution in [3.63, 3.8) is 0 Å². The van der Waals surface area contributed by atoms with Crippen molar-refractivity contribution in [3.8, 4) is 0 Å². The Hall–Kier alpha value is -0.780. The summed E-state index contributed by atoms with van der Waals surface area (Å²) in [5.41, 5.74) is 0. The molecule has 90 valence electrons. The maximum absolute atomic E-state index is 3.60. The lowest BCUT2D eigenvalue weighted by atomic mass is 10.1. The van der Waals surface area contributed by atoms with Crippen LogP contribution in [-0.4, -0.2) is 0 Å². The fourth-order valence-corrected chi connectivity index (χ4v) is 0.682. The highest BCUT2D eigenvalue weighted by molar-refractivity contribution is 4.67. The van der Waals surface area contributed by atoms with Gasteiger partial charge in [0.05, 0.1) is 0 Å². The molecule has 0 heteroatoms. The van der Waals surface area contributed by atoms with E-state index in [2.05, 4.69) is 40.5 Å². The van der Waals surface area contributed by atoms with Crippen molar-refractivity contribution in [1.29, 1.82) is 0 Å². The van der Waals surface area contributed by atoms with Gasteiger partial charge in [-0.25, -0.2) is 0 Å². The summed E-state index contributed by atoms with van der Waals surface area (Å²) in [6.45, 7) is 19.0. The average Bonchev–Trinajstić information content (AvgIpc) is 2.16. The lowest BCUT2D eigenvalue weighted by Gasteiger charge is -1.92. The van der Waals surface area contributed by atoms with Gasteiger partial charge in [-0.05, 0) is 25.7 Å². The van der Waals surface area contributed by atoms with Crippen molar-refractivity contribution in [2.45, 2.75) is 53.4 Å². The summed E-state index contributed by atoms with van der Waals surface area (Å²) in [6, 6.07) is 0. The molecule has 0 aliphatic heterocycles. The number of rotatable bonds is 5. The first-order valence-electron chi connectivity index (χ1n) is 5.89. The fourth-order valence-electron chi connectivity index (χ4n) is 0.682. The first-order chi connectivity index (χ1) is 7.10. The van der Waals surface area contributed by atoms with Crippen LogP contribution >= 0.6 is 0 Å². The summed E-state index contributed by atoms with van der Waals surface area (Å²) >= 11 is 0. The third-order valence-corrected chi connectivity index (χ3v) is 1.40. The van der Waals surface area contributed by atoms with E-state index < -0.39 is 0 Å². The van der Waals surface area contributed by atoms with E-state index in [0.717, 1.165) is 12.3 Å². The average molecular weight is 210 g/mol. The molecule has 0 rings (SSSR count). The quantitative estimate of drug-likeness (QED) is 0.399. The monoisotopic (exact) mass is 210 g/mol. The second kappa shape index (κ2) is 23.2. The van der Waals surface area contributed by atoms with Crippen LogP contribution in [0.2, 0.25) is 0 Å². The molecule has 0 spiro atoms. The minimum atomic E-state index is 0.780. The molecular formula is C15H30. The molecule has 0 aliphatic rings. The molecular weight excluding hydrogens is 180 g/mol. The van der Waals surface area contributed by atoms with E-state index >= 15 is 0 Å². The standard InChI is InChI=1S/2C6H12.C3H6/c1-4-5-6(2)3;1-3-5-6-4-2;1-3-2/h4,6H,1,5H2,2-3H3;3H,1,4-6H2,2H3;3H,1H2,2H3. The Morgan fingerprint density at radius 3 is 1.60 bits per heavy atom. The van der Waals surface area contributed by atoms with E-state index in [1.807, 2.05) is 19.1 Å². The van der Waals surface area contributed by atoms with E-state index in [1.54, 1.807) is 6.08 Å². The largest absolute Gasteiger partial charge is 0.103 e. The van der Waals surface area contributed by atoms with Gasteiger partial charge in [0.15, 0.2) is 0 Å². The van der Waals surface area contributed by atoms with Gasteiger partial charge >= 0.3 is 0 Å². The second-order valence-corrected chi connectivity index (χ2v) is 3.76. The van der Waals surface area contributed by atoms with Crippen LogP contribution in [0.3, 0.4) is 0 Å². The summed E-state index contributed by atoms with van der Waals surface area (Å²) in [4.78, 5) is 0. The van der Waals surface area contributed by atoms with Crippen LogP contribution in [0.1, 0.15) is 53.4 Å². The Morgan fingerprint density at radius 1 is 1.07 bits per heavy atom. The predicted octanol–water partition coefficient (Wildman–Crippen LogP) is 5.77. The minimum absolute atomic E-state index is 0.780. The van der Waals surface area contributed by atoms with Crippen molar-refractivity contribution in [1.82, 2.24) is 0 Å². The van der Waals surface area contributed by atoms with E-state index in [-0.39, 0.29) is 0 Å². The Labute approximate surface area is 97.8 Å². The molecule has 0 aliphatic carbocycles. The van der Waals surface area contributed by atoms with Gasteiger partial charge in [0.1, 0.15) is 0 Å². The first kappa shape index (κ1) is 19.7. The maximum atomic E-state index is 3.60. The molecule has 0 heterocycles. The van der Waals surface area contributed by atoms with Crippen LogP contribution in [0.4, 0.5) is 0 Å². The molecule has 0 unspecified atom stereocenters. The lowest BCUT2D eigenvalue weighted by molar-refractivity contribution is 0.664. The van der Waals surface area contributed by atoms with Crippen molar-refractivity contribution < 1.29 is 0 Å². The Bertz CT molecular complexity index is 120. The predicted molar refractivity (Wildman–Crippen MR) is 75.2 cm³/mol. The lowest BCUT2D eigenvalue weighted by Crippen LogP contribution is -1.78. The van der Waals surface area contributed by atoms with Gasteiger partial charge in [-0.15, -0.1) is 19.7 Å². The van der Waals surface area contributed by atoms with Crippen LogP contribution in [0.25, 0.3) is 0 Å². The van der Waals surface area contributed by atoms with Gasteiger partial charge in [0, 0.05) is 0 Å². The number of allylic oxidation sites excluding steroid dienone is 3. The highest BCUT2D eigenvalue weighted by Gasteiger charge is 1.82. The Morgan fingerprint density at radius 2 is 1.53 bits per heavy atom. The molecule has 0 bridgehead atoms. The SMILES string of the molecule is C=CC.C=CCC(C)C.C=CCCCC. The zero-order valence-corrected chi connectivity index (χ0v) is 11.3. The van der Waals surface area contributed by atoms with Gasteiger partial charge in [-0.1, -0.05) is 51.8 Å². The summed E-state index contributed by atoms with van der Waals surface area (Å²) in [7, 11) is 0. The van der Waals surface area contributed by atoms with Crippen molar-refractivity contribution in [2.24, 2.45) is 5.92 Å². The zero-order valence-electron chi connectivity index (χ0n) is 11.3. The van der Waals surface area contributed by atoms with Crippen molar-refractivity contribution in [2.75, 3.05) is 0 Å². The highest BCUT2D eigenvalue weighted by atomic mass is 13.9. The minimum Gasteiger partial charge on any atom is -0.103 e. The van der Waals surface area contributed by atoms with E-state index in [0.29, 0.717) is 0 Å². The smallest absolute Gasteiger partial charge is 0.0330 e. The summed E-state index contributed by atoms with van der Waals surface area (Å²) in [5, 5.41) is 0. The van der Waals surface area contributed by atoms with Crippen molar-refractivity contribution in [3.05, 3.63) is 38.0 Å². The van der Waals surface area contributed by atoms with Gasteiger partial charge in [-0.3, -0.25) is 0 Å². The van der Waals surface area contributed by atoms with Gasteiger partial charge in [0.25, 0.3) is 0 Å². The molecule has 0 N–H and O–H groups in total. The summed E-state index contributed by atoms with van der Waals surface area (Å²) in [6.07, 6.45) is 10.6. The second-order valence-electron chi connectivity index (χ2n) is 3.76. The van der Waals surface area contributed by atoms with E-state index in [1.165, 1.54) is 19.3 Å². The highest BCUT2D eigenvalue weighted by Crippen LogP contribution is 1.96. The van der Waals surface area contributed by atoms with Crippen LogP contribution in [-0.2, 0) is 0 Å². The molecule has 0 atom stereocenters. The van der Waals surface area contributed by atoms with Crippen LogP contribution in [0.5, 0.6) is 0 Å². The fraction of sp³-hybridized carbons (Fsp3) is 0.600. The molecule has 0 saturated heterocycles. The topological polar surface area (TPSA) is 0 Å².